The molecule has 2 N–H and O–H groups in total. The van der Waals surface area contributed by atoms with E-state index in [0.717, 1.165) is 16.7 Å². The lowest BCUT2D eigenvalue weighted by Crippen LogP contribution is -2.39. The number of aromatic nitrogens is 1. The van der Waals surface area contributed by atoms with E-state index in [4.69, 9.17) is 32.9 Å². The number of hydrogen-bond acceptors (Lipinski definition) is 5. The minimum absolute atomic E-state index is 0.376. The number of allylic oxidation sites excluding steroid dienone is 1. The Labute approximate surface area is 199 Å². The lowest BCUT2D eigenvalue weighted by atomic mass is 10.0. The Morgan fingerprint density at radius 2 is 1.88 bits per heavy atom. The summed E-state index contributed by atoms with van der Waals surface area (Å²) in [5.41, 5.74) is 4.32. The number of pyridine rings is 1. The standard InChI is InChI=1S/C24H19Cl2N3O4/c1-27-24(32)29-20(30)12-33-23(31)21-15-4-2-3-5-19(15)28-22-14(7-8-16(21)22)10-13-6-9-17(25)18(26)11-13/h2-6,9-11H,7-8,12H2,1H3,(H2,27,29,30,32). The first-order valence-corrected chi connectivity index (χ1v) is 10.9. The molecule has 3 aromatic rings. The largest absolute Gasteiger partial charge is 0.452 e. The number of imide groups is 1. The minimum atomic E-state index is -0.724. The van der Waals surface area contributed by atoms with Gasteiger partial charge >= 0.3 is 12.0 Å². The van der Waals surface area contributed by atoms with Gasteiger partial charge in [0.25, 0.3) is 5.91 Å². The molecule has 1 aliphatic rings. The third kappa shape index (κ3) is 4.84. The van der Waals surface area contributed by atoms with Crippen molar-refractivity contribution in [2.75, 3.05) is 13.7 Å². The summed E-state index contributed by atoms with van der Waals surface area (Å²) in [4.78, 5) is 41.0. The van der Waals surface area contributed by atoms with Gasteiger partial charge in [0.15, 0.2) is 6.61 Å². The van der Waals surface area contributed by atoms with E-state index in [1.807, 2.05) is 30.3 Å². The van der Waals surface area contributed by atoms with Crippen LogP contribution >= 0.6 is 23.2 Å². The molecule has 0 saturated heterocycles. The highest BCUT2D eigenvalue weighted by atomic mass is 35.5. The number of fused-ring (bicyclic) bond motifs is 2. The first-order chi connectivity index (χ1) is 15.9. The summed E-state index contributed by atoms with van der Waals surface area (Å²) < 4.78 is 5.24. The van der Waals surface area contributed by atoms with E-state index >= 15 is 0 Å². The molecule has 0 fully saturated rings. The van der Waals surface area contributed by atoms with E-state index in [2.05, 4.69) is 10.6 Å². The van der Waals surface area contributed by atoms with Crippen LogP contribution in [0.25, 0.3) is 22.6 Å². The minimum Gasteiger partial charge on any atom is -0.452 e. The predicted molar refractivity (Wildman–Crippen MR) is 127 cm³/mol. The number of rotatable bonds is 4. The smallest absolute Gasteiger partial charge is 0.339 e. The zero-order valence-corrected chi connectivity index (χ0v) is 19.1. The topological polar surface area (TPSA) is 97.4 Å². The van der Waals surface area contributed by atoms with Crippen LogP contribution in [0.1, 0.15) is 33.6 Å². The fourth-order valence-electron chi connectivity index (χ4n) is 3.74. The Hall–Kier alpha value is -3.42. The van der Waals surface area contributed by atoms with E-state index in [-0.39, 0.29) is 0 Å². The SMILES string of the molecule is CNC(=O)NC(=O)COC(=O)c1c2c(nc3ccccc13)C(=Cc1ccc(Cl)c(Cl)c1)CC2. The van der Waals surface area contributed by atoms with Crippen molar-refractivity contribution in [1.82, 2.24) is 15.6 Å². The van der Waals surface area contributed by atoms with Gasteiger partial charge in [-0.3, -0.25) is 10.1 Å². The number of nitrogens with zero attached hydrogens (tertiary/aromatic N) is 1. The highest BCUT2D eigenvalue weighted by Crippen LogP contribution is 2.38. The Bertz CT molecular complexity index is 1320. The van der Waals surface area contributed by atoms with E-state index in [0.29, 0.717) is 45.0 Å². The van der Waals surface area contributed by atoms with Crippen LogP contribution in [0, 0.1) is 0 Å². The molecule has 0 unspecified atom stereocenters. The highest BCUT2D eigenvalue weighted by Gasteiger charge is 2.28. The van der Waals surface area contributed by atoms with Crippen molar-refractivity contribution >= 4 is 63.7 Å². The van der Waals surface area contributed by atoms with Gasteiger partial charge in [0.2, 0.25) is 0 Å². The number of esters is 1. The third-order valence-corrected chi connectivity index (χ3v) is 5.98. The van der Waals surface area contributed by atoms with Crippen LogP contribution in [-0.4, -0.2) is 36.5 Å². The van der Waals surface area contributed by atoms with Crippen LogP contribution in [0.2, 0.25) is 10.0 Å². The van der Waals surface area contributed by atoms with Crippen LogP contribution in [0.4, 0.5) is 4.79 Å². The normalized spacial score (nSPS) is 13.6. The molecule has 0 bridgehead atoms. The van der Waals surface area contributed by atoms with E-state index in [1.165, 1.54) is 7.05 Å². The van der Waals surface area contributed by atoms with E-state index < -0.39 is 24.5 Å². The summed E-state index contributed by atoms with van der Waals surface area (Å²) in [5.74, 6) is -1.37. The van der Waals surface area contributed by atoms with Gasteiger partial charge in [0, 0.05) is 12.4 Å². The monoisotopic (exact) mass is 483 g/mol. The molecule has 0 radical (unpaired) electrons. The van der Waals surface area contributed by atoms with Gasteiger partial charge in [-0.2, -0.15) is 0 Å². The second-order valence-corrected chi connectivity index (χ2v) is 8.19. The summed E-state index contributed by atoms with van der Waals surface area (Å²) >= 11 is 12.2. The quantitative estimate of drug-likeness (QED) is 0.526. The average Bonchev–Trinajstić information content (AvgIpc) is 3.20. The molecule has 0 saturated carbocycles. The molecule has 9 heteroatoms. The maximum atomic E-state index is 13.0. The Morgan fingerprint density at radius 3 is 2.64 bits per heavy atom. The lowest BCUT2D eigenvalue weighted by molar-refractivity contribution is -0.123. The van der Waals surface area contributed by atoms with Gasteiger partial charge in [0.1, 0.15) is 0 Å². The second kappa shape index (κ2) is 9.60. The molecule has 33 heavy (non-hydrogen) atoms. The van der Waals surface area contributed by atoms with Gasteiger partial charge in [-0.25, -0.2) is 14.6 Å². The second-order valence-electron chi connectivity index (χ2n) is 7.38. The van der Waals surface area contributed by atoms with Crippen LogP contribution < -0.4 is 10.6 Å². The number of halogens is 2. The van der Waals surface area contributed by atoms with Crippen LogP contribution in [-0.2, 0) is 16.0 Å². The number of carbonyl (C=O) groups is 3. The molecule has 1 heterocycles. The maximum absolute atomic E-state index is 13.0. The fourth-order valence-corrected chi connectivity index (χ4v) is 4.05. The zero-order valence-electron chi connectivity index (χ0n) is 17.6. The fraction of sp³-hybridized carbons (Fsp3) is 0.167. The Morgan fingerprint density at radius 1 is 1.09 bits per heavy atom. The van der Waals surface area contributed by atoms with Gasteiger partial charge in [-0.15, -0.1) is 0 Å². The molecule has 0 spiro atoms. The van der Waals surface area contributed by atoms with E-state index in [1.54, 1.807) is 18.2 Å². The Kier molecular flexibility index (Phi) is 6.62. The molecule has 7 nitrogen and oxygen atoms in total. The van der Waals surface area contributed by atoms with Crippen LogP contribution in [0.5, 0.6) is 0 Å². The number of amides is 3. The Balaban J connectivity index is 1.70. The number of carbonyl (C=O) groups excluding carboxylic acids is 3. The number of para-hydroxylation sites is 1. The summed E-state index contributed by atoms with van der Waals surface area (Å²) in [7, 11) is 1.38. The first-order valence-electron chi connectivity index (χ1n) is 10.1. The van der Waals surface area contributed by atoms with Gasteiger partial charge in [0.05, 0.1) is 26.8 Å². The summed E-state index contributed by atoms with van der Waals surface area (Å²) in [6.45, 7) is -0.580. The molecule has 0 aliphatic heterocycles. The molecule has 2 aromatic carbocycles. The summed E-state index contributed by atoms with van der Waals surface area (Å²) in [5, 5.41) is 5.89. The number of benzene rings is 2. The zero-order chi connectivity index (χ0) is 23.5. The van der Waals surface area contributed by atoms with E-state index in [9.17, 15) is 14.4 Å². The van der Waals surface area contributed by atoms with Gasteiger partial charge in [-0.1, -0.05) is 47.5 Å². The van der Waals surface area contributed by atoms with Crippen molar-refractivity contribution in [2.24, 2.45) is 0 Å². The molecule has 0 atom stereocenters. The lowest BCUT2D eigenvalue weighted by Gasteiger charge is -2.12. The number of urea groups is 1. The van der Waals surface area contributed by atoms with Gasteiger partial charge in [-0.05, 0) is 53.8 Å². The first kappa shape index (κ1) is 22.8. The van der Waals surface area contributed by atoms with Crippen molar-refractivity contribution in [3.05, 3.63) is 74.9 Å². The van der Waals surface area contributed by atoms with Crippen molar-refractivity contribution in [3.8, 4) is 0 Å². The number of nitrogens with one attached hydrogen (secondary N) is 2. The molecule has 1 aromatic heterocycles. The summed E-state index contributed by atoms with van der Waals surface area (Å²) in [6, 6.07) is 12.0. The third-order valence-electron chi connectivity index (χ3n) is 5.24. The molecule has 4 rings (SSSR count). The predicted octanol–water partition coefficient (Wildman–Crippen LogP) is 4.64. The van der Waals surface area contributed by atoms with Crippen molar-refractivity contribution in [3.63, 3.8) is 0 Å². The van der Waals surface area contributed by atoms with Crippen LogP contribution in [0.15, 0.2) is 42.5 Å². The van der Waals surface area contributed by atoms with Crippen molar-refractivity contribution < 1.29 is 19.1 Å². The van der Waals surface area contributed by atoms with Crippen LogP contribution in [0.3, 0.4) is 0 Å². The average molecular weight is 484 g/mol. The summed E-state index contributed by atoms with van der Waals surface area (Å²) in [6.07, 6.45) is 3.24. The molecular weight excluding hydrogens is 465 g/mol. The molecular formula is C24H19Cl2N3O4. The number of ether oxygens (including phenoxy) is 1. The van der Waals surface area contributed by atoms with Gasteiger partial charge < -0.3 is 10.1 Å². The van der Waals surface area contributed by atoms with Crippen molar-refractivity contribution in [1.29, 1.82) is 0 Å². The maximum Gasteiger partial charge on any atom is 0.339 e. The molecule has 1 aliphatic carbocycles. The molecule has 168 valence electrons. The van der Waals surface area contributed by atoms with Crippen molar-refractivity contribution in [2.45, 2.75) is 12.8 Å². The molecule has 3 amide bonds. The number of hydrogen-bond donors (Lipinski definition) is 2. The highest BCUT2D eigenvalue weighted by molar-refractivity contribution is 6.42.